The van der Waals surface area contributed by atoms with Crippen molar-refractivity contribution in [2.75, 3.05) is 17.2 Å². The van der Waals surface area contributed by atoms with Gasteiger partial charge >= 0.3 is 6.03 Å². The highest BCUT2D eigenvalue weighted by atomic mass is 35.5. The molecule has 1 aromatic heterocycles. The van der Waals surface area contributed by atoms with Crippen molar-refractivity contribution in [1.82, 2.24) is 15.1 Å². The van der Waals surface area contributed by atoms with Gasteiger partial charge in [0.2, 0.25) is 11.0 Å². The van der Waals surface area contributed by atoms with E-state index in [0.29, 0.717) is 40.6 Å². The number of benzene rings is 2. The van der Waals surface area contributed by atoms with E-state index >= 15 is 0 Å². The van der Waals surface area contributed by atoms with Crippen LogP contribution in [0.2, 0.25) is 5.02 Å². The number of nitrogens with one attached hydrogen (secondary N) is 2. The first-order valence-electron chi connectivity index (χ1n) is 9.34. The standard InChI is InChI=1S/C20H16ClF2N5O2S/c21-12-5-3-11(4-6-12)18-26-27-19(31-18)25-17(29)16-2-1-9-28(16)20(30)24-15-8-7-13(22)10-14(15)23/h3-8,10,16H,1-2,9H2,(H,24,30)(H,25,27,29). The molecule has 1 aliphatic rings. The highest BCUT2D eigenvalue weighted by molar-refractivity contribution is 7.18. The van der Waals surface area contributed by atoms with Crippen molar-refractivity contribution in [3.8, 4) is 10.6 Å². The fourth-order valence-corrected chi connectivity index (χ4v) is 4.11. The lowest BCUT2D eigenvalue weighted by Gasteiger charge is -2.23. The summed E-state index contributed by atoms with van der Waals surface area (Å²) in [6, 6.07) is 8.53. The number of halogens is 3. The van der Waals surface area contributed by atoms with Crippen molar-refractivity contribution in [2.24, 2.45) is 0 Å². The molecule has 160 valence electrons. The van der Waals surface area contributed by atoms with Crippen LogP contribution in [-0.2, 0) is 4.79 Å². The molecule has 2 heterocycles. The van der Waals surface area contributed by atoms with E-state index in [2.05, 4.69) is 20.8 Å². The molecular weight excluding hydrogens is 448 g/mol. The molecule has 0 spiro atoms. The number of carbonyl (C=O) groups is 2. The summed E-state index contributed by atoms with van der Waals surface area (Å²) in [6.45, 7) is 0.332. The van der Waals surface area contributed by atoms with Crippen LogP contribution in [0.15, 0.2) is 42.5 Å². The Morgan fingerprint density at radius 1 is 1.10 bits per heavy atom. The molecule has 11 heteroatoms. The monoisotopic (exact) mass is 463 g/mol. The van der Waals surface area contributed by atoms with Crippen molar-refractivity contribution >= 4 is 45.7 Å². The number of amides is 3. The maximum atomic E-state index is 13.8. The summed E-state index contributed by atoms with van der Waals surface area (Å²) < 4.78 is 26.9. The van der Waals surface area contributed by atoms with Gasteiger partial charge in [-0.2, -0.15) is 0 Å². The molecule has 1 saturated heterocycles. The van der Waals surface area contributed by atoms with Gasteiger partial charge in [-0.1, -0.05) is 35.1 Å². The third-order valence-corrected chi connectivity index (χ3v) is 5.88. The number of likely N-dealkylation sites (tertiary alicyclic amines) is 1. The smallest absolute Gasteiger partial charge is 0.312 e. The minimum Gasteiger partial charge on any atom is -0.312 e. The predicted octanol–water partition coefficient (Wildman–Crippen LogP) is 4.77. The van der Waals surface area contributed by atoms with Crippen LogP contribution >= 0.6 is 22.9 Å². The highest BCUT2D eigenvalue weighted by Crippen LogP contribution is 2.28. The van der Waals surface area contributed by atoms with Crippen molar-refractivity contribution < 1.29 is 18.4 Å². The zero-order valence-electron chi connectivity index (χ0n) is 15.9. The zero-order chi connectivity index (χ0) is 22.0. The van der Waals surface area contributed by atoms with Crippen molar-refractivity contribution in [1.29, 1.82) is 0 Å². The number of aromatic nitrogens is 2. The van der Waals surface area contributed by atoms with E-state index in [1.54, 1.807) is 24.3 Å². The average Bonchev–Trinajstić information content (AvgIpc) is 3.40. The summed E-state index contributed by atoms with van der Waals surface area (Å²) in [5.41, 5.74) is 0.653. The average molecular weight is 464 g/mol. The Balaban J connectivity index is 1.42. The number of urea groups is 1. The molecule has 3 amide bonds. The zero-order valence-corrected chi connectivity index (χ0v) is 17.5. The largest absolute Gasteiger partial charge is 0.322 e. The first kappa shape index (κ1) is 21.1. The molecule has 2 N–H and O–H groups in total. The van der Waals surface area contributed by atoms with E-state index in [4.69, 9.17) is 11.6 Å². The van der Waals surface area contributed by atoms with E-state index in [9.17, 15) is 18.4 Å². The SMILES string of the molecule is O=C(Nc1nnc(-c2ccc(Cl)cc2)s1)C1CCCN1C(=O)Nc1ccc(F)cc1F. The van der Waals surface area contributed by atoms with E-state index in [-0.39, 0.29) is 5.69 Å². The van der Waals surface area contributed by atoms with Crippen LogP contribution < -0.4 is 10.6 Å². The van der Waals surface area contributed by atoms with Gasteiger partial charge in [0, 0.05) is 23.2 Å². The fraction of sp³-hybridized carbons (Fsp3) is 0.200. The topological polar surface area (TPSA) is 87.2 Å². The molecule has 3 aromatic rings. The summed E-state index contributed by atoms with van der Waals surface area (Å²) in [7, 11) is 0. The number of rotatable bonds is 4. The second kappa shape index (κ2) is 8.94. The molecule has 1 aliphatic heterocycles. The third kappa shape index (κ3) is 4.80. The third-order valence-electron chi connectivity index (χ3n) is 4.74. The summed E-state index contributed by atoms with van der Waals surface area (Å²) in [5, 5.41) is 14.6. The van der Waals surface area contributed by atoms with E-state index in [1.165, 1.54) is 16.2 Å². The molecule has 0 saturated carbocycles. The van der Waals surface area contributed by atoms with Gasteiger partial charge in [-0.15, -0.1) is 10.2 Å². The lowest BCUT2D eigenvalue weighted by Crippen LogP contribution is -2.45. The van der Waals surface area contributed by atoms with Gasteiger partial charge < -0.3 is 10.2 Å². The van der Waals surface area contributed by atoms with Crippen LogP contribution in [0.25, 0.3) is 10.6 Å². The minimum absolute atomic E-state index is 0.158. The molecule has 1 fully saturated rings. The molecule has 1 atom stereocenters. The first-order chi connectivity index (χ1) is 14.9. The molecule has 7 nitrogen and oxygen atoms in total. The normalized spacial score (nSPS) is 15.7. The van der Waals surface area contributed by atoms with Crippen LogP contribution in [0.1, 0.15) is 12.8 Å². The molecule has 0 aliphatic carbocycles. The van der Waals surface area contributed by atoms with Gasteiger partial charge in [0.15, 0.2) is 0 Å². The van der Waals surface area contributed by atoms with Gasteiger partial charge in [-0.25, -0.2) is 13.6 Å². The number of hydrogen-bond donors (Lipinski definition) is 2. The molecule has 2 aromatic carbocycles. The highest BCUT2D eigenvalue weighted by Gasteiger charge is 2.35. The van der Waals surface area contributed by atoms with Crippen molar-refractivity contribution in [3.05, 3.63) is 59.1 Å². The van der Waals surface area contributed by atoms with Gasteiger partial charge in [0.1, 0.15) is 22.7 Å². The van der Waals surface area contributed by atoms with Crippen molar-refractivity contribution in [3.63, 3.8) is 0 Å². The second-order valence-electron chi connectivity index (χ2n) is 6.81. The Morgan fingerprint density at radius 3 is 2.61 bits per heavy atom. The second-order valence-corrected chi connectivity index (χ2v) is 8.23. The quantitative estimate of drug-likeness (QED) is 0.583. The molecule has 31 heavy (non-hydrogen) atoms. The van der Waals surface area contributed by atoms with Gasteiger partial charge in [0.05, 0.1) is 5.69 Å². The maximum absolute atomic E-state index is 13.8. The van der Waals surface area contributed by atoms with Crippen LogP contribution in [-0.4, -0.2) is 39.6 Å². The molecule has 0 radical (unpaired) electrons. The maximum Gasteiger partial charge on any atom is 0.322 e. The lowest BCUT2D eigenvalue weighted by molar-refractivity contribution is -0.119. The molecule has 1 unspecified atom stereocenters. The Bertz CT molecular complexity index is 1130. The van der Waals surface area contributed by atoms with E-state index in [1.807, 2.05) is 0 Å². The summed E-state index contributed by atoms with van der Waals surface area (Å²) in [5.74, 6) is -2.05. The van der Waals surface area contributed by atoms with E-state index < -0.39 is 29.6 Å². The van der Waals surface area contributed by atoms with Gasteiger partial charge in [-0.3, -0.25) is 10.1 Å². The fourth-order valence-electron chi connectivity index (χ4n) is 3.23. The van der Waals surface area contributed by atoms with Crippen LogP contribution in [0.5, 0.6) is 0 Å². The van der Waals surface area contributed by atoms with Gasteiger partial charge in [-0.05, 0) is 37.1 Å². The Hall–Kier alpha value is -3.11. The first-order valence-corrected chi connectivity index (χ1v) is 10.5. The Labute approximate surface area is 185 Å². The number of anilines is 2. The van der Waals surface area contributed by atoms with Crippen molar-refractivity contribution in [2.45, 2.75) is 18.9 Å². The van der Waals surface area contributed by atoms with Crippen LogP contribution in [0, 0.1) is 11.6 Å². The van der Waals surface area contributed by atoms with Gasteiger partial charge in [0.25, 0.3) is 0 Å². The minimum atomic E-state index is -0.892. The lowest BCUT2D eigenvalue weighted by atomic mass is 10.2. The Morgan fingerprint density at radius 2 is 1.87 bits per heavy atom. The van der Waals surface area contributed by atoms with E-state index in [0.717, 1.165) is 17.7 Å². The summed E-state index contributed by atoms with van der Waals surface area (Å²) >= 11 is 7.08. The molecule has 0 bridgehead atoms. The van der Waals surface area contributed by atoms with Crippen LogP contribution in [0.4, 0.5) is 24.4 Å². The summed E-state index contributed by atoms with van der Waals surface area (Å²) in [6.07, 6.45) is 1.07. The summed E-state index contributed by atoms with van der Waals surface area (Å²) in [4.78, 5) is 26.6. The van der Waals surface area contributed by atoms with Crippen LogP contribution in [0.3, 0.4) is 0 Å². The molecular formula is C20H16ClF2N5O2S. The Kier molecular flexibility index (Phi) is 6.10. The predicted molar refractivity (Wildman–Crippen MR) is 114 cm³/mol. The number of hydrogen-bond acceptors (Lipinski definition) is 5. The number of carbonyl (C=O) groups excluding carboxylic acids is 2. The molecule has 4 rings (SSSR count). The number of nitrogens with zero attached hydrogens (tertiary/aromatic N) is 3.